The van der Waals surface area contributed by atoms with Gasteiger partial charge in [0, 0.05) is 18.0 Å². The van der Waals surface area contributed by atoms with E-state index in [4.69, 9.17) is 16.4 Å². The highest BCUT2D eigenvalue weighted by Gasteiger charge is 2.28. The third-order valence-electron chi connectivity index (χ3n) is 4.67. The quantitative estimate of drug-likeness (QED) is 0.529. The molecule has 3 aromatic rings. The van der Waals surface area contributed by atoms with Gasteiger partial charge in [-0.15, -0.1) is 11.3 Å². The van der Waals surface area contributed by atoms with Crippen molar-refractivity contribution in [3.63, 3.8) is 0 Å². The van der Waals surface area contributed by atoms with Crippen molar-refractivity contribution >= 4 is 34.6 Å². The van der Waals surface area contributed by atoms with E-state index < -0.39 is 0 Å². The summed E-state index contributed by atoms with van der Waals surface area (Å²) in [6.45, 7) is 0.748. The molecule has 1 aromatic heterocycles. The lowest BCUT2D eigenvalue weighted by molar-refractivity contribution is 0.0408. The molecule has 0 N–H and O–H groups in total. The molecule has 7 heteroatoms. The first-order valence-corrected chi connectivity index (χ1v) is 10.4. The zero-order valence-electron chi connectivity index (χ0n) is 15.4. The Morgan fingerprint density at radius 1 is 1.17 bits per heavy atom. The van der Waals surface area contributed by atoms with E-state index in [0.717, 1.165) is 16.8 Å². The lowest BCUT2D eigenvalue weighted by Crippen LogP contribution is -2.37. The predicted molar refractivity (Wildman–Crippen MR) is 113 cm³/mol. The van der Waals surface area contributed by atoms with Gasteiger partial charge in [-0.2, -0.15) is 0 Å². The lowest BCUT2D eigenvalue weighted by atomic mass is 10.0. The minimum atomic E-state index is -0.294. The second-order valence-corrected chi connectivity index (χ2v) is 8.09. The van der Waals surface area contributed by atoms with Crippen LogP contribution in [0.4, 0.5) is 4.39 Å². The van der Waals surface area contributed by atoms with Gasteiger partial charge in [0.25, 0.3) is 5.91 Å². The molecule has 0 radical (unpaired) electrons. The van der Waals surface area contributed by atoms with Crippen LogP contribution in [0.3, 0.4) is 0 Å². The zero-order valence-corrected chi connectivity index (χ0v) is 17.0. The normalized spacial score (nSPS) is 15.7. The number of carbonyl (C=O) groups is 1. The zero-order chi connectivity index (χ0) is 20.2. The summed E-state index contributed by atoms with van der Waals surface area (Å²) >= 11 is 7.71. The van der Waals surface area contributed by atoms with Crippen LogP contribution < -0.4 is 0 Å². The molecule has 148 valence electrons. The predicted octanol–water partition coefficient (Wildman–Crippen LogP) is 5.38. The monoisotopic (exact) mass is 428 g/mol. The highest BCUT2D eigenvalue weighted by molar-refractivity contribution is 7.12. The van der Waals surface area contributed by atoms with Crippen LogP contribution in [0.5, 0.6) is 0 Å². The topological polar surface area (TPSA) is 41.9 Å². The van der Waals surface area contributed by atoms with E-state index in [1.165, 1.54) is 23.5 Å². The van der Waals surface area contributed by atoms with Gasteiger partial charge in [0.15, 0.2) is 6.10 Å². The number of benzene rings is 2. The fourth-order valence-electron chi connectivity index (χ4n) is 3.19. The Labute approximate surface area is 177 Å². The van der Waals surface area contributed by atoms with Gasteiger partial charge in [-0.1, -0.05) is 53.2 Å². The Morgan fingerprint density at radius 3 is 2.69 bits per heavy atom. The van der Waals surface area contributed by atoms with E-state index >= 15 is 0 Å². The number of hydrogen-bond donors (Lipinski definition) is 0. The fraction of sp³-hybridized carbons (Fsp3) is 0.182. The first-order chi connectivity index (χ1) is 14.1. The van der Waals surface area contributed by atoms with E-state index in [1.807, 2.05) is 41.8 Å². The van der Waals surface area contributed by atoms with Crippen LogP contribution in [0.15, 0.2) is 71.2 Å². The molecule has 0 saturated heterocycles. The van der Waals surface area contributed by atoms with Gasteiger partial charge >= 0.3 is 0 Å². The van der Waals surface area contributed by atoms with Gasteiger partial charge < -0.3 is 9.74 Å². The minimum absolute atomic E-state index is 0.0706. The van der Waals surface area contributed by atoms with Crippen molar-refractivity contribution in [1.29, 1.82) is 0 Å². The maximum absolute atomic E-state index is 13.2. The third kappa shape index (κ3) is 4.66. The van der Waals surface area contributed by atoms with Crippen LogP contribution in [0.1, 0.15) is 27.2 Å². The number of nitrogens with zero attached hydrogens (tertiary/aromatic N) is 2. The number of hydrogen-bond acceptors (Lipinski definition) is 4. The SMILES string of the molecule is O=C(c1cccs1)N(Cc1ccccc1Cl)C[C@@H]1CC(c2ccc(F)cc2)=NO1. The van der Waals surface area contributed by atoms with Crippen LogP contribution in [0, 0.1) is 5.82 Å². The van der Waals surface area contributed by atoms with Crippen molar-refractivity contribution in [3.8, 4) is 0 Å². The number of oxime groups is 1. The maximum Gasteiger partial charge on any atom is 0.264 e. The Hall–Kier alpha value is -2.70. The summed E-state index contributed by atoms with van der Waals surface area (Å²) in [6.07, 6.45) is 0.268. The van der Waals surface area contributed by atoms with Crippen LogP contribution in [-0.2, 0) is 11.4 Å². The number of amides is 1. The summed E-state index contributed by atoms with van der Waals surface area (Å²) in [5.41, 5.74) is 2.43. The molecule has 0 spiro atoms. The van der Waals surface area contributed by atoms with E-state index in [1.54, 1.807) is 17.0 Å². The Balaban J connectivity index is 1.49. The first kappa shape index (κ1) is 19.6. The molecule has 1 aliphatic rings. The second kappa shape index (κ2) is 8.76. The molecule has 2 heterocycles. The molecular weight excluding hydrogens is 411 g/mol. The summed E-state index contributed by atoms with van der Waals surface area (Å²) in [7, 11) is 0. The molecule has 4 rings (SSSR count). The smallest absolute Gasteiger partial charge is 0.264 e. The molecule has 0 unspecified atom stereocenters. The standard InChI is InChI=1S/C22H18ClFN2O2S/c23-19-5-2-1-4-16(19)13-26(22(27)21-6-3-11-29-21)14-18-12-20(25-28-18)15-7-9-17(24)10-8-15/h1-11,18H,12-14H2/t18-/m0/s1. The number of rotatable bonds is 6. The number of halogens is 2. The Morgan fingerprint density at radius 2 is 1.97 bits per heavy atom. The van der Waals surface area contributed by atoms with Gasteiger partial charge in [-0.05, 0) is 40.8 Å². The molecule has 1 amide bonds. The molecule has 0 fully saturated rings. The molecule has 0 bridgehead atoms. The average molecular weight is 429 g/mol. The number of thiophene rings is 1. The van der Waals surface area contributed by atoms with Gasteiger partial charge in [0.1, 0.15) is 5.82 Å². The molecule has 1 atom stereocenters. The average Bonchev–Trinajstić information content (AvgIpc) is 3.41. The molecule has 1 aliphatic heterocycles. The molecule has 0 aliphatic carbocycles. The van der Waals surface area contributed by atoms with Crippen LogP contribution in [-0.4, -0.2) is 29.2 Å². The van der Waals surface area contributed by atoms with Crippen molar-refractivity contribution < 1.29 is 14.0 Å². The summed E-state index contributed by atoms with van der Waals surface area (Å²) < 4.78 is 13.2. The van der Waals surface area contributed by atoms with Crippen LogP contribution in [0.25, 0.3) is 0 Å². The molecular formula is C22H18ClFN2O2S. The van der Waals surface area contributed by atoms with E-state index in [-0.39, 0.29) is 17.8 Å². The first-order valence-electron chi connectivity index (χ1n) is 9.15. The van der Waals surface area contributed by atoms with Crippen LogP contribution in [0.2, 0.25) is 5.02 Å². The highest BCUT2D eigenvalue weighted by atomic mass is 35.5. The summed E-state index contributed by atoms with van der Waals surface area (Å²) in [6, 6.07) is 17.3. The van der Waals surface area contributed by atoms with Crippen molar-refractivity contribution in [2.45, 2.75) is 19.1 Å². The molecule has 4 nitrogen and oxygen atoms in total. The molecule has 29 heavy (non-hydrogen) atoms. The highest BCUT2D eigenvalue weighted by Crippen LogP contribution is 2.23. The van der Waals surface area contributed by atoms with Crippen molar-refractivity contribution in [2.75, 3.05) is 6.54 Å². The molecule has 2 aromatic carbocycles. The van der Waals surface area contributed by atoms with Gasteiger partial charge in [0.05, 0.1) is 17.1 Å². The Kier molecular flexibility index (Phi) is 5.92. The van der Waals surface area contributed by atoms with E-state index in [2.05, 4.69) is 5.16 Å². The van der Waals surface area contributed by atoms with Gasteiger partial charge in [-0.3, -0.25) is 4.79 Å². The van der Waals surface area contributed by atoms with Crippen molar-refractivity contribution in [2.24, 2.45) is 5.16 Å². The van der Waals surface area contributed by atoms with E-state index in [0.29, 0.717) is 29.4 Å². The van der Waals surface area contributed by atoms with Crippen molar-refractivity contribution in [3.05, 3.63) is 92.9 Å². The maximum atomic E-state index is 13.2. The van der Waals surface area contributed by atoms with Gasteiger partial charge in [0.2, 0.25) is 0 Å². The van der Waals surface area contributed by atoms with E-state index in [9.17, 15) is 9.18 Å². The minimum Gasteiger partial charge on any atom is -0.390 e. The van der Waals surface area contributed by atoms with Gasteiger partial charge in [-0.25, -0.2) is 4.39 Å². The molecule has 0 saturated carbocycles. The largest absolute Gasteiger partial charge is 0.390 e. The second-order valence-electron chi connectivity index (χ2n) is 6.73. The summed E-state index contributed by atoms with van der Waals surface area (Å²) in [5, 5.41) is 6.64. The Bertz CT molecular complexity index is 1020. The lowest BCUT2D eigenvalue weighted by Gasteiger charge is -2.25. The van der Waals surface area contributed by atoms with Crippen molar-refractivity contribution in [1.82, 2.24) is 4.90 Å². The fourth-order valence-corrected chi connectivity index (χ4v) is 4.08. The third-order valence-corrected chi connectivity index (χ3v) is 5.90. The summed E-state index contributed by atoms with van der Waals surface area (Å²) in [4.78, 5) is 21.0. The summed E-state index contributed by atoms with van der Waals surface area (Å²) in [5.74, 6) is -0.365. The number of carbonyl (C=O) groups excluding carboxylic acids is 1. The van der Waals surface area contributed by atoms with Crippen LogP contribution >= 0.6 is 22.9 Å².